The molecule has 0 N–H and O–H groups in total. The van der Waals surface area contributed by atoms with Gasteiger partial charge in [-0.3, -0.25) is 13.0 Å². The van der Waals surface area contributed by atoms with E-state index in [1.807, 2.05) is 0 Å². The van der Waals surface area contributed by atoms with Crippen molar-refractivity contribution in [2.24, 2.45) is 0 Å². The van der Waals surface area contributed by atoms with E-state index in [1.54, 1.807) is 18.2 Å². The molecule has 2 nitrogen and oxygen atoms in total. The molecule has 0 saturated carbocycles. The largest absolute Gasteiger partial charge is 0.466 e. The van der Waals surface area contributed by atoms with Crippen molar-refractivity contribution in [1.82, 2.24) is 0 Å². The summed E-state index contributed by atoms with van der Waals surface area (Å²) < 4.78 is 32.0. The van der Waals surface area contributed by atoms with Gasteiger partial charge in [-0.25, -0.2) is 0 Å². The molecule has 0 radical (unpaired) electrons. The number of carbonyl (C=O) groups excluding carboxylic acids is 1. The first-order chi connectivity index (χ1) is 7.52. The molecule has 0 saturated heterocycles. The van der Waals surface area contributed by atoms with Gasteiger partial charge in [0.2, 0.25) is 0 Å². The topological polar surface area (TPSA) is 26.3 Å². The normalized spacial score (nSPS) is 11.2. The van der Waals surface area contributed by atoms with Gasteiger partial charge in [-0.2, -0.15) is 0 Å². The molecule has 0 unspecified atom stereocenters. The average molecular weight is 244 g/mol. The van der Waals surface area contributed by atoms with E-state index in [2.05, 4.69) is 4.74 Å². The van der Waals surface area contributed by atoms with Crippen LogP contribution in [0.25, 0.3) is 0 Å². The lowest BCUT2D eigenvalue weighted by atomic mass is 10.4. The van der Waals surface area contributed by atoms with Gasteiger partial charge in [0, 0.05) is 18.2 Å². The van der Waals surface area contributed by atoms with Gasteiger partial charge in [0.25, 0.3) is 0 Å². The lowest BCUT2D eigenvalue weighted by molar-refractivity contribution is -0.140. The zero-order valence-corrected chi connectivity index (χ0v) is 10.1. The molecule has 0 atom stereocenters. The van der Waals surface area contributed by atoms with Crippen molar-refractivity contribution in [3.8, 4) is 0 Å². The summed E-state index contributed by atoms with van der Waals surface area (Å²) in [5.41, 5.74) is 0. The first-order valence-corrected chi connectivity index (χ1v) is 7.05. The minimum atomic E-state index is -4.34. The molecule has 0 spiro atoms. The van der Waals surface area contributed by atoms with E-state index in [4.69, 9.17) is 0 Å². The molecule has 0 bridgehead atoms. The zero-order chi connectivity index (χ0) is 12.0. The van der Waals surface area contributed by atoms with Crippen molar-refractivity contribution in [1.29, 1.82) is 0 Å². The standard InChI is InChI=1S/C11H14F2O2Si/c1-10(14)15-8-5-9-16(12,13)11-6-3-2-4-7-11/h2-4,6-7H,5,8-9H2,1H3. The Morgan fingerprint density at radius 1 is 1.31 bits per heavy atom. The van der Waals surface area contributed by atoms with Crippen LogP contribution in [0.5, 0.6) is 0 Å². The summed E-state index contributed by atoms with van der Waals surface area (Å²) in [6, 6.07) is 7.68. The zero-order valence-electron chi connectivity index (χ0n) is 9.08. The summed E-state index contributed by atoms with van der Waals surface area (Å²) in [7, 11) is -4.34. The van der Waals surface area contributed by atoms with Gasteiger partial charge in [-0.05, 0) is 6.42 Å². The third-order valence-corrected chi connectivity index (χ3v) is 4.30. The van der Waals surface area contributed by atoms with Crippen LogP contribution in [0.4, 0.5) is 8.22 Å². The quantitative estimate of drug-likeness (QED) is 0.343. The Labute approximate surface area is 94.6 Å². The average Bonchev–Trinajstić information content (AvgIpc) is 2.26. The Bertz CT molecular complexity index is 341. The molecule has 0 aromatic heterocycles. The van der Waals surface area contributed by atoms with E-state index in [0.717, 1.165) is 0 Å². The molecule has 0 heterocycles. The summed E-state index contributed by atoms with van der Waals surface area (Å²) in [5, 5.41) is 0.137. The van der Waals surface area contributed by atoms with Gasteiger partial charge >= 0.3 is 14.7 Å². The van der Waals surface area contributed by atoms with E-state index in [1.165, 1.54) is 19.1 Å². The van der Waals surface area contributed by atoms with Crippen molar-refractivity contribution in [2.75, 3.05) is 6.61 Å². The first-order valence-electron chi connectivity index (χ1n) is 5.09. The molecule has 0 fully saturated rings. The highest BCUT2D eigenvalue weighted by Crippen LogP contribution is 2.15. The molecule has 1 aromatic carbocycles. The number of benzene rings is 1. The van der Waals surface area contributed by atoms with E-state index in [9.17, 15) is 13.0 Å². The summed E-state index contributed by atoms with van der Waals surface area (Å²) in [4.78, 5) is 10.4. The maximum atomic E-state index is 13.7. The predicted octanol–water partition coefficient (Wildman–Crippen LogP) is 2.23. The lowest BCUT2D eigenvalue weighted by Gasteiger charge is -2.12. The second-order valence-electron chi connectivity index (χ2n) is 3.51. The molecule has 5 heteroatoms. The fraction of sp³-hybridized carbons (Fsp3) is 0.364. The van der Waals surface area contributed by atoms with E-state index in [-0.39, 0.29) is 24.3 Å². The van der Waals surface area contributed by atoms with E-state index >= 15 is 0 Å². The van der Waals surface area contributed by atoms with Crippen LogP contribution in [0.1, 0.15) is 13.3 Å². The Kier molecular flexibility index (Phi) is 4.61. The van der Waals surface area contributed by atoms with Crippen LogP contribution in [0.3, 0.4) is 0 Å². The van der Waals surface area contributed by atoms with Crippen LogP contribution in [0, 0.1) is 0 Å². The molecule has 0 aliphatic rings. The van der Waals surface area contributed by atoms with Gasteiger partial charge in [0.1, 0.15) is 0 Å². The van der Waals surface area contributed by atoms with E-state index in [0.29, 0.717) is 0 Å². The van der Waals surface area contributed by atoms with Crippen LogP contribution >= 0.6 is 0 Å². The Morgan fingerprint density at radius 2 is 1.94 bits per heavy atom. The van der Waals surface area contributed by atoms with Gasteiger partial charge < -0.3 is 4.74 Å². The molecule has 0 aliphatic carbocycles. The fourth-order valence-corrected chi connectivity index (χ4v) is 2.89. The fourth-order valence-electron chi connectivity index (χ4n) is 1.34. The van der Waals surface area contributed by atoms with E-state index < -0.39 is 14.7 Å². The number of esters is 1. The molecule has 16 heavy (non-hydrogen) atoms. The Morgan fingerprint density at radius 3 is 2.50 bits per heavy atom. The van der Waals surface area contributed by atoms with Crippen molar-refractivity contribution >= 4 is 19.9 Å². The summed E-state index contributed by atoms with van der Waals surface area (Å²) >= 11 is 0. The maximum Gasteiger partial charge on any atom is 0.455 e. The second-order valence-corrected chi connectivity index (χ2v) is 6.00. The van der Waals surface area contributed by atoms with Gasteiger partial charge in [-0.1, -0.05) is 30.3 Å². The van der Waals surface area contributed by atoms with Crippen LogP contribution in [-0.4, -0.2) is 21.3 Å². The summed E-state index contributed by atoms with van der Waals surface area (Å²) in [5.74, 6) is -0.426. The van der Waals surface area contributed by atoms with Gasteiger partial charge in [0.05, 0.1) is 6.61 Å². The number of hydrogen-bond donors (Lipinski definition) is 0. The minimum Gasteiger partial charge on any atom is -0.466 e. The number of halogens is 2. The molecule has 1 aromatic rings. The molecule has 0 amide bonds. The third-order valence-electron chi connectivity index (χ3n) is 2.14. The lowest BCUT2D eigenvalue weighted by Crippen LogP contribution is -2.38. The number of rotatable bonds is 5. The van der Waals surface area contributed by atoms with Crippen molar-refractivity contribution in [3.05, 3.63) is 30.3 Å². The third kappa shape index (κ3) is 4.10. The van der Waals surface area contributed by atoms with Crippen LogP contribution in [0.2, 0.25) is 6.04 Å². The maximum absolute atomic E-state index is 13.7. The number of ether oxygens (including phenoxy) is 1. The van der Waals surface area contributed by atoms with Gasteiger partial charge in [-0.15, -0.1) is 0 Å². The van der Waals surface area contributed by atoms with Crippen LogP contribution in [0.15, 0.2) is 30.3 Å². The SMILES string of the molecule is CC(=O)OCCC[Si](F)(F)c1ccccc1. The summed E-state index contributed by atoms with van der Waals surface area (Å²) in [6.45, 7) is 1.34. The monoisotopic (exact) mass is 244 g/mol. The van der Waals surface area contributed by atoms with Gasteiger partial charge in [0.15, 0.2) is 0 Å². The number of carbonyl (C=O) groups is 1. The Hall–Kier alpha value is -1.23. The predicted molar refractivity (Wildman–Crippen MR) is 60.1 cm³/mol. The van der Waals surface area contributed by atoms with Crippen molar-refractivity contribution in [2.45, 2.75) is 19.4 Å². The second kappa shape index (κ2) is 5.74. The highest BCUT2D eigenvalue weighted by molar-refractivity contribution is 6.79. The van der Waals surface area contributed by atoms with Crippen LogP contribution in [-0.2, 0) is 9.53 Å². The highest BCUT2D eigenvalue weighted by Gasteiger charge is 2.36. The molecule has 0 aliphatic heterocycles. The highest BCUT2D eigenvalue weighted by atomic mass is 28.4. The first kappa shape index (κ1) is 12.8. The summed E-state index contributed by atoms with van der Waals surface area (Å²) in [6.07, 6.45) is 0.216. The molecular formula is C11H14F2O2Si. The minimum absolute atomic E-state index is 0.0742. The molecule has 88 valence electrons. The van der Waals surface area contributed by atoms with Crippen LogP contribution < -0.4 is 5.19 Å². The molecular weight excluding hydrogens is 230 g/mol. The van der Waals surface area contributed by atoms with Crippen molar-refractivity contribution in [3.63, 3.8) is 0 Å². The van der Waals surface area contributed by atoms with Crippen molar-refractivity contribution < 1.29 is 17.7 Å². The number of hydrogen-bond acceptors (Lipinski definition) is 2. The molecule has 1 rings (SSSR count). The smallest absolute Gasteiger partial charge is 0.455 e. The Balaban J connectivity index is 2.43.